The molecule has 0 unspecified atom stereocenters. The first-order valence-electron chi connectivity index (χ1n) is 9.43. The maximum absolute atomic E-state index is 12.4. The van der Waals surface area contributed by atoms with Gasteiger partial charge in [0, 0.05) is 23.9 Å². The number of nitrogens with one attached hydrogen (secondary N) is 1. The lowest BCUT2D eigenvalue weighted by Gasteiger charge is -2.27. The first-order chi connectivity index (χ1) is 14.2. The van der Waals surface area contributed by atoms with Gasteiger partial charge in [0.1, 0.15) is 17.9 Å². The summed E-state index contributed by atoms with van der Waals surface area (Å²) < 4.78 is 5.94. The van der Waals surface area contributed by atoms with Gasteiger partial charge in [-0.3, -0.25) is 9.79 Å². The molecule has 0 aromatic heterocycles. The summed E-state index contributed by atoms with van der Waals surface area (Å²) >= 11 is 0. The molecule has 0 saturated heterocycles. The average molecular weight is 409 g/mol. The molecular weight excluding hydrogens is 382 g/mol. The summed E-state index contributed by atoms with van der Waals surface area (Å²) in [5.74, 6) is -0.958. The number of carbonyl (C=O) groups excluding carboxylic acids is 1. The van der Waals surface area contributed by atoms with Crippen LogP contribution in [0.3, 0.4) is 0 Å². The lowest BCUT2D eigenvalue weighted by molar-refractivity contribution is -0.132. The number of aliphatic imine (C=N–C) groups is 1. The number of benzene rings is 2. The largest absolute Gasteiger partial charge is 0.490 e. The number of para-hydroxylation sites is 1. The van der Waals surface area contributed by atoms with Crippen LogP contribution in [-0.2, 0) is 4.79 Å². The van der Waals surface area contributed by atoms with Crippen LogP contribution >= 0.6 is 0 Å². The third-order valence-corrected chi connectivity index (χ3v) is 4.43. The smallest absolute Gasteiger partial charge is 0.339 e. The number of ether oxygens (including phenoxy) is 1. The Kier molecular flexibility index (Phi) is 7.36. The molecule has 0 saturated carbocycles. The summed E-state index contributed by atoms with van der Waals surface area (Å²) in [5.41, 5.74) is 6.79. The first-order valence-corrected chi connectivity index (χ1v) is 9.43. The number of carbonyl (C=O) groups is 2. The van der Waals surface area contributed by atoms with Gasteiger partial charge in [-0.15, -0.1) is 0 Å². The van der Waals surface area contributed by atoms with Crippen molar-refractivity contribution in [2.75, 3.05) is 13.7 Å². The Morgan fingerprint density at radius 1 is 1.10 bits per heavy atom. The molecule has 1 amide bonds. The second kappa shape index (κ2) is 9.73. The molecule has 30 heavy (non-hydrogen) atoms. The standard InChI is InChI=1S/C23H27N3O4/c1-15(25-4)19(22(28)29)20(24)17-12-8-9-13-18(17)30-14-23(2,3)26-21(27)16-10-6-5-7-11-16/h5-13H,14,24H2,1-4H3,(H,26,27)(H,28,29)/b20-19-,25-15-. The predicted molar refractivity (Wildman–Crippen MR) is 118 cm³/mol. The quantitative estimate of drug-likeness (QED) is 0.458. The topological polar surface area (TPSA) is 114 Å². The van der Waals surface area contributed by atoms with Crippen molar-refractivity contribution in [2.24, 2.45) is 10.7 Å². The van der Waals surface area contributed by atoms with E-state index in [0.29, 0.717) is 22.6 Å². The normalized spacial score (nSPS) is 12.7. The van der Waals surface area contributed by atoms with Gasteiger partial charge in [0.15, 0.2) is 0 Å². The number of hydrogen-bond acceptors (Lipinski definition) is 5. The third-order valence-electron chi connectivity index (χ3n) is 4.43. The highest BCUT2D eigenvalue weighted by Gasteiger charge is 2.24. The predicted octanol–water partition coefficient (Wildman–Crippen LogP) is 3.12. The maximum Gasteiger partial charge on any atom is 0.339 e. The van der Waals surface area contributed by atoms with Gasteiger partial charge in [0.2, 0.25) is 0 Å². The molecule has 158 valence electrons. The molecule has 0 spiro atoms. The van der Waals surface area contributed by atoms with Crippen molar-refractivity contribution in [3.8, 4) is 5.75 Å². The molecule has 0 aliphatic heterocycles. The fraction of sp³-hybridized carbons (Fsp3) is 0.261. The van der Waals surface area contributed by atoms with Crippen molar-refractivity contribution in [3.05, 3.63) is 71.3 Å². The SMILES string of the molecule is C/N=C(C)\C(C(=O)O)=C(\N)c1ccccc1OCC(C)(C)NC(=O)c1ccccc1. The minimum Gasteiger partial charge on any atom is -0.490 e. The Morgan fingerprint density at radius 3 is 2.30 bits per heavy atom. The first kappa shape index (κ1) is 22.7. The molecule has 0 aliphatic carbocycles. The summed E-state index contributed by atoms with van der Waals surface area (Å²) in [5, 5.41) is 12.5. The molecule has 7 nitrogen and oxygen atoms in total. The molecule has 0 fully saturated rings. The van der Waals surface area contributed by atoms with Crippen LogP contribution in [0.4, 0.5) is 0 Å². The molecule has 2 aromatic rings. The van der Waals surface area contributed by atoms with Gasteiger partial charge >= 0.3 is 5.97 Å². The fourth-order valence-electron chi connectivity index (χ4n) is 2.79. The summed E-state index contributed by atoms with van der Waals surface area (Å²) in [4.78, 5) is 28.1. The highest BCUT2D eigenvalue weighted by molar-refractivity contribution is 6.23. The van der Waals surface area contributed by atoms with Crippen LogP contribution in [0.5, 0.6) is 5.75 Å². The van der Waals surface area contributed by atoms with Gasteiger partial charge in [-0.25, -0.2) is 4.79 Å². The minimum atomic E-state index is -1.17. The molecular formula is C23H27N3O4. The average Bonchev–Trinajstić information content (AvgIpc) is 2.72. The Morgan fingerprint density at radius 2 is 1.70 bits per heavy atom. The summed E-state index contributed by atoms with van der Waals surface area (Å²) in [6, 6.07) is 15.8. The molecule has 7 heteroatoms. The van der Waals surface area contributed by atoms with E-state index < -0.39 is 11.5 Å². The van der Waals surface area contributed by atoms with Crippen molar-refractivity contribution in [1.82, 2.24) is 5.32 Å². The number of nitrogens with zero attached hydrogens (tertiary/aromatic N) is 1. The van der Waals surface area contributed by atoms with Gasteiger partial charge in [-0.1, -0.05) is 30.3 Å². The van der Waals surface area contributed by atoms with Crippen molar-refractivity contribution in [3.63, 3.8) is 0 Å². The van der Waals surface area contributed by atoms with Gasteiger partial charge in [0.25, 0.3) is 5.91 Å². The van der Waals surface area contributed by atoms with E-state index in [1.807, 2.05) is 19.9 Å². The summed E-state index contributed by atoms with van der Waals surface area (Å²) in [7, 11) is 1.51. The Hall–Kier alpha value is -3.61. The Balaban J connectivity index is 2.24. The van der Waals surface area contributed by atoms with Gasteiger partial charge in [-0.05, 0) is 45.0 Å². The van der Waals surface area contributed by atoms with Crippen LogP contribution in [-0.4, -0.2) is 41.9 Å². The van der Waals surface area contributed by atoms with Crippen LogP contribution in [0.2, 0.25) is 0 Å². The molecule has 2 aromatic carbocycles. The van der Waals surface area contributed by atoms with Crippen LogP contribution in [0.25, 0.3) is 5.70 Å². The van der Waals surface area contributed by atoms with Crippen molar-refractivity contribution in [2.45, 2.75) is 26.3 Å². The second-order valence-corrected chi connectivity index (χ2v) is 7.39. The van der Waals surface area contributed by atoms with Crippen molar-refractivity contribution >= 4 is 23.3 Å². The van der Waals surface area contributed by atoms with Gasteiger partial charge < -0.3 is 20.9 Å². The molecule has 0 bridgehead atoms. The van der Waals surface area contributed by atoms with E-state index in [1.54, 1.807) is 55.5 Å². The monoisotopic (exact) mass is 409 g/mol. The van der Waals surface area contributed by atoms with Gasteiger partial charge in [0.05, 0.1) is 11.2 Å². The Bertz CT molecular complexity index is 979. The lowest BCUT2D eigenvalue weighted by Crippen LogP contribution is -2.47. The van der Waals surface area contributed by atoms with Crippen LogP contribution in [0, 0.1) is 0 Å². The van der Waals surface area contributed by atoms with E-state index in [1.165, 1.54) is 7.05 Å². The summed E-state index contributed by atoms with van der Waals surface area (Å²) in [6.45, 7) is 5.42. The maximum atomic E-state index is 12.4. The van der Waals surface area contributed by atoms with Crippen LogP contribution in [0.1, 0.15) is 36.7 Å². The summed E-state index contributed by atoms with van der Waals surface area (Å²) in [6.07, 6.45) is 0. The highest BCUT2D eigenvalue weighted by Crippen LogP contribution is 2.26. The van der Waals surface area contributed by atoms with Crippen molar-refractivity contribution in [1.29, 1.82) is 0 Å². The van der Waals surface area contributed by atoms with E-state index in [9.17, 15) is 14.7 Å². The molecule has 0 aliphatic rings. The number of rotatable bonds is 8. The number of hydrogen-bond donors (Lipinski definition) is 3. The minimum absolute atomic E-state index is 0.0623. The van der Waals surface area contributed by atoms with Crippen LogP contribution in [0.15, 0.2) is 65.2 Å². The lowest BCUT2D eigenvalue weighted by atomic mass is 10.0. The molecule has 2 rings (SSSR count). The zero-order valence-corrected chi connectivity index (χ0v) is 17.6. The zero-order chi connectivity index (χ0) is 22.3. The number of carboxylic acid groups (broad SMARTS) is 1. The van der Waals surface area contributed by atoms with Gasteiger partial charge in [-0.2, -0.15) is 0 Å². The number of amides is 1. The molecule has 0 heterocycles. The Labute approximate surface area is 176 Å². The van der Waals surface area contributed by atoms with E-state index in [0.717, 1.165) is 0 Å². The van der Waals surface area contributed by atoms with Crippen molar-refractivity contribution < 1.29 is 19.4 Å². The molecule has 0 radical (unpaired) electrons. The van der Waals surface area contributed by atoms with E-state index in [4.69, 9.17) is 10.5 Å². The van der Waals surface area contributed by atoms with E-state index in [2.05, 4.69) is 10.3 Å². The number of nitrogens with two attached hydrogens (primary N) is 1. The van der Waals surface area contributed by atoms with E-state index >= 15 is 0 Å². The number of aliphatic carboxylic acids is 1. The molecule has 4 N–H and O–H groups in total. The fourth-order valence-corrected chi connectivity index (χ4v) is 2.79. The second-order valence-electron chi connectivity index (χ2n) is 7.39. The molecule has 0 atom stereocenters. The van der Waals surface area contributed by atoms with E-state index in [-0.39, 0.29) is 23.8 Å². The highest BCUT2D eigenvalue weighted by atomic mass is 16.5. The number of carboxylic acids is 1. The third kappa shape index (κ3) is 5.70. The van der Waals surface area contributed by atoms with Crippen LogP contribution < -0.4 is 15.8 Å². The zero-order valence-electron chi connectivity index (χ0n) is 17.6.